The van der Waals surface area contributed by atoms with Crippen molar-refractivity contribution in [3.05, 3.63) is 0 Å². The minimum Gasteiger partial charge on any atom is -0.549 e. The zero-order valence-corrected chi connectivity index (χ0v) is 38.0. The largest absolute Gasteiger partial charge is 3.00 e. The average molecular weight is 1120 g/mol. The molecule has 0 aromatic heterocycles. The summed E-state index contributed by atoms with van der Waals surface area (Å²) in [7, 11) is 0. The SMILES string of the molecule is O.O=C([O-])CN(CCN(CC(=O)[O-])CC(=O)NCCNC(=O)CO/N=C/C(O)[C@@H](O)[C@@H](O)C(O)CO)CCN(CC(=O)[O-])CC(=O)NCCNC(=O)CO/N=C/C(O)[C@@H](O)[C@@H](O)C(O)CO.[Gd+3]. The molecule has 0 aromatic carbocycles. The molecule has 0 saturated heterocycles. The average Bonchev–Trinajstić information content (AvgIpc) is 3.25. The van der Waals surface area contributed by atoms with Gasteiger partial charge in [-0.25, -0.2) is 0 Å². The van der Waals surface area contributed by atoms with Gasteiger partial charge in [-0.1, -0.05) is 10.3 Å². The first-order valence-electron chi connectivity index (χ1n) is 19.4. The molecule has 1 radical (unpaired) electrons. The van der Waals surface area contributed by atoms with Crippen molar-refractivity contribution in [1.29, 1.82) is 0 Å². The van der Waals surface area contributed by atoms with Crippen LogP contribution < -0.4 is 36.6 Å². The van der Waals surface area contributed by atoms with Crippen LogP contribution in [0.3, 0.4) is 0 Å². The summed E-state index contributed by atoms with van der Waals surface area (Å²) >= 11 is 0. The Hall–Kier alpha value is -4.01. The number of oxime groups is 2. The molecule has 16 N–H and O–H groups in total. The van der Waals surface area contributed by atoms with Gasteiger partial charge in [-0.15, -0.1) is 0 Å². The normalized spacial score (nSPS) is 15.0. The third kappa shape index (κ3) is 33.2. The van der Waals surface area contributed by atoms with Crippen molar-refractivity contribution in [1.82, 2.24) is 36.0 Å². The van der Waals surface area contributed by atoms with E-state index in [9.17, 15) is 89.7 Å². The minimum atomic E-state index is -1.94. The Balaban J connectivity index is -0.0000205. The second-order valence-corrected chi connectivity index (χ2v) is 13.7. The molecule has 0 bridgehead atoms. The molecule has 32 nitrogen and oxygen atoms in total. The summed E-state index contributed by atoms with van der Waals surface area (Å²) in [4.78, 5) is 95.8. The fourth-order valence-electron chi connectivity index (χ4n) is 4.89. The third-order valence-corrected chi connectivity index (χ3v) is 8.33. The standard InChI is InChI=1S/C34H61N9O22.Gd.H2O/c44-16-22(48)33(62)31(60)20(46)9-39-64-18-26(52)37-3-1-35-24(50)11-42(14-29(56)57)7-5-41(13-28(54)55)6-8-43(15-30(58)59)12-25(51)36-2-4-38-27(53)19-65-40-10-21(47)32(61)34(63)23(49)17-45;;/h9-10,20-23,31-34,44-49,60-63H,1-8,11-19H2,(H,35,50)(H,36,51)(H,37,52)(H,38,53)(H,54,55)(H,56,57)(H,58,59);;1H2/q;+3;/p-3/b39-9+,40-10+;;/t20?,21?,22?,23?,31-,32-,33+,34+;;/m1../s1. The molecule has 0 aromatic rings. The number of carbonyl (C=O) groups is 7. The molecule has 33 heteroatoms. The number of rotatable bonds is 38. The van der Waals surface area contributed by atoms with E-state index < -0.39 is 150 Å². The fraction of sp³-hybridized carbons (Fsp3) is 0.735. The summed E-state index contributed by atoms with van der Waals surface area (Å²) in [6.45, 7) is -7.97. The third-order valence-electron chi connectivity index (χ3n) is 8.33. The quantitative estimate of drug-likeness (QED) is 0.0155. The molecule has 67 heavy (non-hydrogen) atoms. The molecule has 4 amide bonds. The van der Waals surface area contributed by atoms with E-state index in [1.807, 2.05) is 0 Å². The molecule has 0 aliphatic carbocycles. The van der Waals surface area contributed by atoms with Crippen LogP contribution in [0.1, 0.15) is 0 Å². The van der Waals surface area contributed by atoms with Crippen LogP contribution in [-0.4, -0.2) is 286 Å². The van der Waals surface area contributed by atoms with Crippen LogP contribution in [0.4, 0.5) is 0 Å². The molecule has 0 aliphatic heterocycles. The van der Waals surface area contributed by atoms with Gasteiger partial charge < -0.3 is 117 Å². The number of aliphatic hydroxyl groups excluding tert-OH is 10. The van der Waals surface area contributed by atoms with Crippen molar-refractivity contribution >= 4 is 54.0 Å². The van der Waals surface area contributed by atoms with Gasteiger partial charge in [0, 0.05) is 72.0 Å². The van der Waals surface area contributed by atoms with Gasteiger partial charge in [0.2, 0.25) is 11.8 Å². The molecule has 387 valence electrons. The number of amides is 4. The number of aliphatic carboxylic acids is 3. The van der Waals surface area contributed by atoms with Crippen molar-refractivity contribution in [2.75, 3.05) is 112 Å². The van der Waals surface area contributed by atoms with Crippen LogP contribution in [0.25, 0.3) is 0 Å². The first-order valence-corrected chi connectivity index (χ1v) is 19.4. The van der Waals surface area contributed by atoms with Crippen molar-refractivity contribution in [2.45, 2.75) is 48.8 Å². The van der Waals surface area contributed by atoms with Crippen molar-refractivity contribution < 1.29 is 155 Å². The first-order chi connectivity index (χ1) is 30.6. The van der Waals surface area contributed by atoms with Crippen molar-refractivity contribution in [2.24, 2.45) is 10.3 Å². The Morgan fingerprint density at radius 2 is 0.761 bits per heavy atom. The molecule has 0 rings (SSSR count). The van der Waals surface area contributed by atoms with Crippen molar-refractivity contribution in [3.63, 3.8) is 0 Å². The molecule has 8 atom stereocenters. The monoisotopic (exact) mass is 1120 g/mol. The van der Waals surface area contributed by atoms with Gasteiger partial charge >= 0.3 is 39.9 Å². The van der Waals surface area contributed by atoms with Gasteiger partial charge in [-0.3, -0.25) is 33.9 Å². The van der Waals surface area contributed by atoms with Gasteiger partial charge in [0.25, 0.3) is 11.8 Å². The number of nitrogens with zero attached hydrogens (tertiary/aromatic N) is 5. The zero-order chi connectivity index (χ0) is 49.5. The molecule has 0 heterocycles. The predicted molar refractivity (Wildman–Crippen MR) is 211 cm³/mol. The summed E-state index contributed by atoms with van der Waals surface area (Å²) in [5.74, 6) is -7.66. The second kappa shape index (κ2) is 38.9. The number of hydrogen-bond acceptors (Lipinski definition) is 27. The number of nitrogens with one attached hydrogen (secondary N) is 4. The number of carboxylic acid groups (broad SMARTS) is 3. The van der Waals surface area contributed by atoms with Gasteiger partial charge in [-0.2, -0.15) is 0 Å². The van der Waals surface area contributed by atoms with E-state index in [-0.39, 0.29) is 97.8 Å². The molecule has 4 unspecified atom stereocenters. The van der Waals surface area contributed by atoms with E-state index in [4.69, 9.17) is 10.2 Å². The molecule has 0 saturated carbocycles. The maximum Gasteiger partial charge on any atom is 3.00 e. The van der Waals surface area contributed by atoms with E-state index >= 15 is 0 Å². The molecule has 0 spiro atoms. The minimum absolute atomic E-state index is 0. The van der Waals surface area contributed by atoms with Crippen LogP contribution in [-0.2, 0) is 43.2 Å². The maximum absolute atomic E-state index is 12.5. The zero-order valence-electron chi connectivity index (χ0n) is 35.8. The molecular weight excluding hydrogens is 1060 g/mol. The molecule has 0 fully saturated rings. The summed E-state index contributed by atoms with van der Waals surface area (Å²) < 4.78 is 0. The number of hydrogen-bond donors (Lipinski definition) is 14. The number of carbonyl (C=O) groups excluding carboxylic acids is 7. The summed E-state index contributed by atoms with van der Waals surface area (Å²) in [5, 5.41) is 144. The van der Waals surface area contributed by atoms with Gasteiger partial charge in [0.05, 0.1) is 56.6 Å². The Morgan fingerprint density at radius 1 is 0.478 bits per heavy atom. The van der Waals surface area contributed by atoms with E-state index in [0.29, 0.717) is 12.4 Å². The first kappa shape index (κ1) is 67.3. The molecular formula is C34H60GdN9O23. The van der Waals surface area contributed by atoms with E-state index in [1.165, 1.54) is 4.90 Å². The Bertz CT molecular complexity index is 1420. The van der Waals surface area contributed by atoms with Crippen LogP contribution >= 0.6 is 0 Å². The predicted octanol–water partition coefficient (Wildman–Crippen LogP) is -16.3. The maximum atomic E-state index is 12.5. The number of aliphatic hydroxyl groups is 10. The summed E-state index contributed by atoms with van der Waals surface area (Å²) in [5.41, 5.74) is 0. The van der Waals surface area contributed by atoms with Crippen LogP contribution in [0.2, 0.25) is 0 Å². The summed E-state index contributed by atoms with van der Waals surface area (Å²) in [6.07, 6.45) is -13.7. The van der Waals surface area contributed by atoms with Crippen LogP contribution in [0.5, 0.6) is 0 Å². The molecule has 0 aliphatic rings. The van der Waals surface area contributed by atoms with E-state index in [1.54, 1.807) is 0 Å². The van der Waals surface area contributed by atoms with E-state index in [2.05, 4.69) is 41.3 Å². The van der Waals surface area contributed by atoms with Crippen LogP contribution in [0, 0.1) is 39.9 Å². The Morgan fingerprint density at radius 3 is 1.06 bits per heavy atom. The van der Waals surface area contributed by atoms with E-state index in [0.717, 1.165) is 9.80 Å². The Kier molecular flexibility index (Phi) is 39.1. The van der Waals surface area contributed by atoms with Gasteiger partial charge in [0.1, 0.15) is 48.8 Å². The van der Waals surface area contributed by atoms with Crippen LogP contribution in [0.15, 0.2) is 10.3 Å². The number of carboxylic acids is 3. The smallest absolute Gasteiger partial charge is 0.549 e. The Labute approximate surface area is 413 Å². The van der Waals surface area contributed by atoms with Gasteiger partial charge in [-0.05, 0) is 0 Å². The second-order valence-electron chi connectivity index (χ2n) is 13.7. The fourth-order valence-corrected chi connectivity index (χ4v) is 4.89. The van der Waals surface area contributed by atoms with Crippen molar-refractivity contribution in [3.8, 4) is 0 Å². The topological polar surface area (TPSA) is 523 Å². The van der Waals surface area contributed by atoms with Gasteiger partial charge in [0.15, 0.2) is 13.2 Å². The summed E-state index contributed by atoms with van der Waals surface area (Å²) in [6, 6.07) is 0.